The Labute approximate surface area is 239 Å². The number of methoxy groups -OCH3 is 2. The maximum absolute atomic E-state index is 13.6. The van der Waals surface area contributed by atoms with Crippen LogP contribution in [0, 0.1) is 5.82 Å². The first-order valence-electron chi connectivity index (χ1n) is 14.3. The SMILES string of the molecule is COc1cccc(OC)c1-c1cc(C(=O)N[C@@H](C=Cc2ccc(F)cc2)CC(=O)NC2CCC2)nn1C1CCCC1. The van der Waals surface area contributed by atoms with Crippen LogP contribution in [-0.2, 0) is 4.79 Å². The van der Waals surface area contributed by atoms with E-state index in [-0.39, 0.29) is 41.8 Å². The van der Waals surface area contributed by atoms with Crippen LogP contribution >= 0.6 is 0 Å². The van der Waals surface area contributed by atoms with Gasteiger partial charge in [-0.05, 0) is 68.0 Å². The van der Waals surface area contributed by atoms with Crippen LogP contribution in [0.25, 0.3) is 17.3 Å². The minimum atomic E-state index is -0.589. The van der Waals surface area contributed by atoms with Gasteiger partial charge in [0.25, 0.3) is 5.91 Å². The van der Waals surface area contributed by atoms with Crippen molar-refractivity contribution in [3.8, 4) is 22.8 Å². The van der Waals surface area contributed by atoms with Crippen molar-refractivity contribution in [3.05, 3.63) is 71.7 Å². The van der Waals surface area contributed by atoms with Gasteiger partial charge in [0.05, 0.1) is 44.0 Å². The molecule has 8 nitrogen and oxygen atoms in total. The smallest absolute Gasteiger partial charge is 0.272 e. The maximum Gasteiger partial charge on any atom is 0.272 e. The van der Waals surface area contributed by atoms with E-state index in [2.05, 4.69) is 10.6 Å². The summed E-state index contributed by atoms with van der Waals surface area (Å²) in [6, 6.07) is 13.2. The maximum atomic E-state index is 13.6. The minimum Gasteiger partial charge on any atom is -0.496 e. The molecule has 0 unspecified atom stereocenters. The minimum absolute atomic E-state index is 0.0798. The van der Waals surface area contributed by atoms with E-state index in [0.29, 0.717) is 11.5 Å². The van der Waals surface area contributed by atoms with E-state index in [1.54, 1.807) is 44.6 Å². The molecule has 0 radical (unpaired) electrons. The number of benzene rings is 2. The lowest BCUT2D eigenvalue weighted by molar-refractivity contribution is -0.122. The largest absolute Gasteiger partial charge is 0.496 e. The van der Waals surface area contributed by atoms with Crippen molar-refractivity contribution in [3.63, 3.8) is 0 Å². The molecule has 2 saturated carbocycles. The molecule has 0 bridgehead atoms. The second-order valence-electron chi connectivity index (χ2n) is 10.7. The van der Waals surface area contributed by atoms with Crippen molar-refractivity contribution in [2.75, 3.05) is 14.2 Å². The first-order valence-corrected chi connectivity index (χ1v) is 14.3. The zero-order valence-corrected chi connectivity index (χ0v) is 23.6. The first-order chi connectivity index (χ1) is 19.9. The summed E-state index contributed by atoms with van der Waals surface area (Å²) in [5.74, 6) is 0.417. The highest BCUT2D eigenvalue weighted by Crippen LogP contribution is 2.41. The second-order valence-corrected chi connectivity index (χ2v) is 10.7. The number of amides is 2. The normalized spacial score (nSPS) is 16.4. The summed E-state index contributed by atoms with van der Waals surface area (Å²) in [5, 5.41) is 10.8. The Morgan fingerprint density at radius 2 is 1.71 bits per heavy atom. The van der Waals surface area contributed by atoms with Gasteiger partial charge in [-0.25, -0.2) is 4.39 Å². The van der Waals surface area contributed by atoms with Crippen LogP contribution in [-0.4, -0.2) is 47.9 Å². The standard InChI is InChI=1S/C32H37FN4O4/c1-40-28-11-6-12-29(41-2)31(28)27-20-26(36-37(27)25-9-3-4-10-25)32(39)35-24(19-30(38)34-23-7-5-8-23)18-15-21-13-16-22(33)17-14-21/h6,11-18,20,23-25H,3-5,7-10,19H2,1-2H3,(H,34,38)(H,35,39)/t24-/m0/s1. The molecule has 5 rings (SSSR count). The molecular weight excluding hydrogens is 523 g/mol. The molecule has 41 heavy (non-hydrogen) atoms. The molecule has 2 aromatic carbocycles. The number of nitrogens with zero attached hydrogens (tertiary/aromatic N) is 2. The Morgan fingerprint density at radius 1 is 1.02 bits per heavy atom. The number of rotatable bonds is 11. The predicted octanol–water partition coefficient (Wildman–Crippen LogP) is 5.69. The number of halogens is 1. The summed E-state index contributed by atoms with van der Waals surface area (Å²) in [5.41, 5.74) is 2.50. The van der Waals surface area contributed by atoms with Crippen molar-refractivity contribution in [2.24, 2.45) is 0 Å². The van der Waals surface area contributed by atoms with E-state index in [1.807, 2.05) is 22.9 Å². The molecule has 1 heterocycles. The van der Waals surface area contributed by atoms with Crippen molar-refractivity contribution >= 4 is 17.9 Å². The lowest BCUT2D eigenvalue weighted by atomic mass is 9.93. The molecular formula is C32H37FN4O4. The van der Waals surface area contributed by atoms with Crippen LogP contribution in [0.3, 0.4) is 0 Å². The molecule has 216 valence electrons. The van der Waals surface area contributed by atoms with Crippen molar-refractivity contribution in [2.45, 2.75) is 69.5 Å². The van der Waals surface area contributed by atoms with Gasteiger partial charge in [0.15, 0.2) is 5.69 Å². The van der Waals surface area contributed by atoms with Gasteiger partial charge < -0.3 is 20.1 Å². The topological polar surface area (TPSA) is 94.5 Å². The van der Waals surface area contributed by atoms with Gasteiger partial charge in [-0.3, -0.25) is 14.3 Å². The summed E-state index contributed by atoms with van der Waals surface area (Å²) in [6.07, 6.45) is 10.8. The molecule has 1 atom stereocenters. The monoisotopic (exact) mass is 560 g/mol. The summed E-state index contributed by atoms with van der Waals surface area (Å²) in [6.45, 7) is 0. The second kappa shape index (κ2) is 13.0. The van der Waals surface area contributed by atoms with E-state index in [1.165, 1.54) is 12.1 Å². The van der Waals surface area contributed by atoms with Gasteiger partial charge in [0.2, 0.25) is 5.91 Å². The molecule has 2 aliphatic carbocycles. The third-order valence-corrected chi connectivity index (χ3v) is 7.91. The van der Waals surface area contributed by atoms with E-state index in [0.717, 1.165) is 61.8 Å². The molecule has 2 N–H and O–H groups in total. The van der Waals surface area contributed by atoms with Gasteiger partial charge >= 0.3 is 0 Å². The van der Waals surface area contributed by atoms with Gasteiger partial charge in [0, 0.05) is 6.04 Å². The molecule has 9 heteroatoms. The average Bonchev–Trinajstić information content (AvgIpc) is 3.64. The number of ether oxygens (including phenoxy) is 2. The first kappa shape index (κ1) is 28.4. The number of nitrogens with one attached hydrogen (secondary N) is 2. The van der Waals surface area contributed by atoms with Crippen LogP contribution in [0.15, 0.2) is 54.6 Å². The molecule has 2 fully saturated rings. The van der Waals surface area contributed by atoms with Crippen molar-refractivity contribution in [1.29, 1.82) is 0 Å². The summed E-state index contributed by atoms with van der Waals surface area (Å²) in [4.78, 5) is 26.4. The molecule has 2 aliphatic rings. The number of carbonyl (C=O) groups is 2. The lowest BCUT2D eigenvalue weighted by Gasteiger charge is -2.27. The predicted molar refractivity (Wildman–Crippen MR) is 155 cm³/mol. The lowest BCUT2D eigenvalue weighted by Crippen LogP contribution is -2.43. The zero-order valence-electron chi connectivity index (χ0n) is 23.6. The average molecular weight is 561 g/mol. The van der Waals surface area contributed by atoms with Crippen molar-refractivity contribution < 1.29 is 23.5 Å². The van der Waals surface area contributed by atoms with Crippen LogP contribution < -0.4 is 20.1 Å². The quantitative estimate of drug-likeness (QED) is 0.314. The van der Waals surface area contributed by atoms with E-state index < -0.39 is 6.04 Å². The number of hydrogen-bond donors (Lipinski definition) is 2. The summed E-state index contributed by atoms with van der Waals surface area (Å²) < 4.78 is 26.6. The molecule has 0 aliphatic heterocycles. The fraction of sp³-hybridized carbons (Fsp3) is 0.406. The van der Waals surface area contributed by atoms with Gasteiger partial charge in [-0.15, -0.1) is 0 Å². The number of aromatic nitrogens is 2. The Kier molecular flexibility index (Phi) is 9.01. The van der Waals surface area contributed by atoms with Crippen LogP contribution in [0.1, 0.15) is 73.5 Å². The highest BCUT2D eigenvalue weighted by atomic mass is 19.1. The summed E-state index contributed by atoms with van der Waals surface area (Å²) in [7, 11) is 3.21. The van der Waals surface area contributed by atoms with Crippen LogP contribution in [0.5, 0.6) is 11.5 Å². The van der Waals surface area contributed by atoms with E-state index in [4.69, 9.17) is 14.6 Å². The molecule has 0 spiro atoms. The molecule has 1 aromatic heterocycles. The van der Waals surface area contributed by atoms with Crippen LogP contribution in [0.2, 0.25) is 0 Å². The third kappa shape index (κ3) is 6.78. The van der Waals surface area contributed by atoms with Gasteiger partial charge in [-0.1, -0.05) is 43.2 Å². The van der Waals surface area contributed by atoms with Gasteiger partial charge in [-0.2, -0.15) is 5.10 Å². The fourth-order valence-electron chi connectivity index (χ4n) is 5.47. The molecule has 0 saturated heterocycles. The van der Waals surface area contributed by atoms with Gasteiger partial charge in [0.1, 0.15) is 17.3 Å². The van der Waals surface area contributed by atoms with Crippen molar-refractivity contribution in [1.82, 2.24) is 20.4 Å². The Bertz CT molecular complexity index is 1370. The molecule has 3 aromatic rings. The Balaban J connectivity index is 1.43. The zero-order chi connectivity index (χ0) is 28.8. The Morgan fingerprint density at radius 3 is 2.32 bits per heavy atom. The highest BCUT2D eigenvalue weighted by Gasteiger charge is 2.28. The third-order valence-electron chi connectivity index (χ3n) is 7.91. The van der Waals surface area contributed by atoms with E-state index in [9.17, 15) is 14.0 Å². The molecule has 2 amide bonds. The van der Waals surface area contributed by atoms with Crippen LogP contribution in [0.4, 0.5) is 4.39 Å². The highest BCUT2D eigenvalue weighted by molar-refractivity contribution is 5.95. The fourth-order valence-corrected chi connectivity index (χ4v) is 5.47. The number of carbonyl (C=O) groups excluding carboxylic acids is 2. The number of hydrogen-bond acceptors (Lipinski definition) is 5. The Hall–Kier alpha value is -4.14. The van der Waals surface area contributed by atoms with E-state index >= 15 is 0 Å². The summed E-state index contributed by atoms with van der Waals surface area (Å²) >= 11 is 0.